The van der Waals surface area contributed by atoms with E-state index in [4.69, 9.17) is 0 Å². The number of rotatable bonds is 7. The van der Waals surface area contributed by atoms with E-state index >= 15 is 0 Å². The Morgan fingerprint density at radius 1 is 1.32 bits per heavy atom. The Kier molecular flexibility index (Phi) is 5.29. The minimum atomic E-state index is -0.267. The molecule has 3 aromatic rings. The first kappa shape index (κ1) is 17.0. The third-order valence-corrected chi connectivity index (χ3v) is 4.15. The summed E-state index contributed by atoms with van der Waals surface area (Å²) in [4.78, 5) is 32.5. The molecule has 2 amide bonds. The zero-order chi connectivity index (χ0) is 17.6. The Morgan fingerprint density at radius 2 is 2.16 bits per heavy atom. The second kappa shape index (κ2) is 7.79. The fourth-order valence-electron chi connectivity index (χ4n) is 2.30. The molecule has 0 saturated heterocycles. The molecule has 0 aliphatic heterocycles. The Hall–Kier alpha value is -2.88. The summed E-state index contributed by atoms with van der Waals surface area (Å²) in [5.74, 6) is 0.114. The average Bonchev–Trinajstić information content (AvgIpc) is 3.26. The largest absolute Gasteiger partial charge is 0.348 e. The molecule has 25 heavy (non-hydrogen) atoms. The van der Waals surface area contributed by atoms with E-state index in [2.05, 4.69) is 30.8 Å². The van der Waals surface area contributed by atoms with Gasteiger partial charge in [-0.15, -0.1) is 10.2 Å². The van der Waals surface area contributed by atoms with Crippen molar-refractivity contribution in [3.05, 3.63) is 35.9 Å². The highest BCUT2D eigenvalue weighted by molar-refractivity contribution is 7.13. The molecule has 130 valence electrons. The highest BCUT2D eigenvalue weighted by atomic mass is 32.1. The van der Waals surface area contributed by atoms with Gasteiger partial charge < -0.3 is 10.6 Å². The van der Waals surface area contributed by atoms with Crippen molar-refractivity contribution >= 4 is 34.1 Å². The zero-order valence-corrected chi connectivity index (χ0v) is 14.4. The Labute approximate surface area is 147 Å². The number of amides is 2. The maximum Gasteiger partial charge on any atom is 0.233 e. The second-order valence-electron chi connectivity index (χ2n) is 5.31. The van der Waals surface area contributed by atoms with Gasteiger partial charge in [-0.2, -0.15) is 0 Å². The highest BCUT2D eigenvalue weighted by Crippen LogP contribution is 2.16. The van der Waals surface area contributed by atoms with E-state index in [1.807, 2.05) is 25.4 Å². The average molecular weight is 359 g/mol. The molecule has 3 rings (SSSR count). The fourth-order valence-corrected chi connectivity index (χ4v) is 2.77. The van der Waals surface area contributed by atoms with Gasteiger partial charge >= 0.3 is 0 Å². The SMILES string of the molecule is CCC(NC(=O)CCC(=O)Nc1nncs1)c1cn2cccnc2n1. The number of imidazole rings is 1. The summed E-state index contributed by atoms with van der Waals surface area (Å²) in [7, 11) is 0. The molecular formula is C15H17N7O2S. The maximum absolute atomic E-state index is 12.1. The van der Waals surface area contributed by atoms with E-state index in [1.165, 1.54) is 16.8 Å². The molecule has 3 heterocycles. The van der Waals surface area contributed by atoms with Gasteiger partial charge in [-0.1, -0.05) is 18.3 Å². The number of carbonyl (C=O) groups excluding carboxylic acids is 2. The van der Waals surface area contributed by atoms with Crippen LogP contribution in [-0.2, 0) is 9.59 Å². The summed E-state index contributed by atoms with van der Waals surface area (Å²) < 4.78 is 1.81. The van der Waals surface area contributed by atoms with Gasteiger partial charge in [-0.05, 0) is 12.5 Å². The van der Waals surface area contributed by atoms with Gasteiger partial charge in [-0.3, -0.25) is 14.0 Å². The van der Waals surface area contributed by atoms with Gasteiger partial charge in [-0.25, -0.2) is 9.97 Å². The van der Waals surface area contributed by atoms with Crippen LogP contribution >= 0.6 is 11.3 Å². The van der Waals surface area contributed by atoms with Crippen LogP contribution in [0.3, 0.4) is 0 Å². The van der Waals surface area contributed by atoms with Crippen LogP contribution in [0.2, 0.25) is 0 Å². The van der Waals surface area contributed by atoms with Crippen molar-refractivity contribution in [2.24, 2.45) is 0 Å². The van der Waals surface area contributed by atoms with E-state index in [-0.39, 0.29) is 30.7 Å². The normalized spacial score (nSPS) is 12.0. The monoisotopic (exact) mass is 359 g/mol. The predicted octanol–water partition coefficient (Wildman–Crippen LogP) is 1.57. The Bertz CT molecular complexity index is 829. The fraction of sp³-hybridized carbons (Fsp3) is 0.333. The number of nitrogens with one attached hydrogen (secondary N) is 2. The van der Waals surface area contributed by atoms with E-state index in [9.17, 15) is 9.59 Å². The highest BCUT2D eigenvalue weighted by Gasteiger charge is 2.17. The summed E-state index contributed by atoms with van der Waals surface area (Å²) in [6.07, 6.45) is 6.22. The van der Waals surface area contributed by atoms with Crippen LogP contribution in [0, 0.1) is 0 Å². The summed E-state index contributed by atoms with van der Waals surface area (Å²) >= 11 is 1.23. The summed E-state index contributed by atoms with van der Waals surface area (Å²) in [6, 6.07) is 1.59. The topological polar surface area (TPSA) is 114 Å². The van der Waals surface area contributed by atoms with Crippen molar-refractivity contribution in [3.63, 3.8) is 0 Å². The van der Waals surface area contributed by atoms with Crippen molar-refractivity contribution in [1.82, 2.24) is 29.9 Å². The van der Waals surface area contributed by atoms with Gasteiger partial charge in [0.05, 0.1) is 11.7 Å². The Morgan fingerprint density at radius 3 is 2.88 bits per heavy atom. The van der Waals surface area contributed by atoms with Crippen LogP contribution in [0.15, 0.2) is 30.2 Å². The third-order valence-electron chi connectivity index (χ3n) is 3.54. The van der Waals surface area contributed by atoms with Gasteiger partial charge in [0.2, 0.25) is 22.7 Å². The minimum Gasteiger partial charge on any atom is -0.348 e. The van der Waals surface area contributed by atoms with Crippen molar-refractivity contribution in [2.45, 2.75) is 32.2 Å². The van der Waals surface area contributed by atoms with Crippen molar-refractivity contribution in [3.8, 4) is 0 Å². The lowest BCUT2D eigenvalue weighted by Crippen LogP contribution is -2.29. The lowest BCUT2D eigenvalue weighted by Gasteiger charge is -2.14. The maximum atomic E-state index is 12.1. The van der Waals surface area contributed by atoms with Crippen LogP contribution in [0.5, 0.6) is 0 Å². The standard InChI is InChI=1S/C15H17N7O2S/c1-2-10(11-8-22-7-3-6-16-14(22)19-11)18-12(23)4-5-13(24)20-15-21-17-9-25-15/h3,6-10H,2,4-5H2,1H3,(H,18,23)(H,20,21,24). The number of hydrogen-bond donors (Lipinski definition) is 2. The Balaban J connectivity index is 1.54. The smallest absolute Gasteiger partial charge is 0.233 e. The molecule has 0 radical (unpaired) electrons. The van der Waals surface area contributed by atoms with E-state index in [1.54, 1.807) is 10.6 Å². The molecule has 0 aromatic carbocycles. The quantitative estimate of drug-likeness (QED) is 0.662. The van der Waals surface area contributed by atoms with Gasteiger partial charge in [0.25, 0.3) is 0 Å². The zero-order valence-electron chi connectivity index (χ0n) is 13.5. The van der Waals surface area contributed by atoms with Crippen LogP contribution in [-0.4, -0.2) is 36.4 Å². The molecule has 1 unspecified atom stereocenters. The first-order valence-electron chi connectivity index (χ1n) is 7.80. The van der Waals surface area contributed by atoms with E-state index in [0.717, 1.165) is 5.69 Å². The second-order valence-corrected chi connectivity index (χ2v) is 6.15. The molecule has 1 atom stereocenters. The molecule has 9 nitrogen and oxygen atoms in total. The summed E-state index contributed by atoms with van der Waals surface area (Å²) in [5, 5.41) is 13.3. The molecule has 0 fully saturated rings. The number of nitrogens with zero attached hydrogens (tertiary/aromatic N) is 5. The molecule has 0 spiro atoms. The van der Waals surface area contributed by atoms with Crippen molar-refractivity contribution in [2.75, 3.05) is 5.32 Å². The molecule has 0 aliphatic carbocycles. The molecule has 0 bridgehead atoms. The van der Waals surface area contributed by atoms with E-state index < -0.39 is 0 Å². The molecule has 2 N–H and O–H groups in total. The summed E-state index contributed by atoms with van der Waals surface area (Å²) in [6.45, 7) is 1.96. The first-order valence-corrected chi connectivity index (χ1v) is 8.68. The van der Waals surface area contributed by atoms with Crippen LogP contribution in [0.1, 0.15) is 37.9 Å². The number of anilines is 1. The van der Waals surface area contributed by atoms with Gasteiger partial charge in [0.1, 0.15) is 5.51 Å². The van der Waals surface area contributed by atoms with Crippen LogP contribution in [0.4, 0.5) is 5.13 Å². The predicted molar refractivity (Wildman–Crippen MR) is 91.9 cm³/mol. The lowest BCUT2D eigenvalue weighted by molar-refractivity contribution is -0.125. The molecule has 0 saturated carbocycles. The minimum absolute atomic E-state index is 0.0779. The van der Waals surface area contributed by atoms with Crippen LogP contribution < -0.4 is 10.6 Å². The molecule has 0 aliphatic rings. The number of aromatic nitrogens is 5. The lowest BCUT2D eigenvalue weighted by atomic mass is 10.1. The number of carbonyl (C=O) groups is 2. The third kappa shape index (κ3) is 4.35. The molecule has 3 aromatic heterocycles. The molecular weight excluding hydrogens is 342 g/mol. The van der Waals surface area contributed by atoms with Crippen molar-refractivity contribution in [1.29, 1.82) is 0 Å². The number of hydrogen-bond acceptors (Lipinski definition) is 7. The van der Waals surface area contributed by atoms with Gasteiger partial charge in [0.15, 0.2) is 0 Å². The van der Waals surface area contributed by atoms with E-state index in [0.29, 0.717) is 17.3 Å². The van der Waals surface area contributed by atoms with Crippen molar-refractivity contribution < 1.29 is 9.59 Å². The van der Waals surface area contributed by atoms with Gasteiger partial charge in [0, 0.05) is 31.4 Å². The summed E-state index contributed by atoms with van der Waals surface area (Å²) in [5.41, 5.74) is 2.27. The first-order chi connectivity index (χ1) is 12.2. The van der Waals surface area contributed by atoms with Crippen LogP contribution in [0.25, 0.3) is 5.78 Å². The number of fused-ring (bicyclic) bond motifs is 1. The molecule has 10 heteroatoms.